The maximum absolute atomic E-state index is 11.1. The van der Waals surface area contributed by atoms with Crippen molar-refractivity contribution in [3.05, 3.63) is 29.8 Å². The molecule has 5 N–H and O–H groups in total. The molecule has 0 saturated heterocycles. The molecule has 7 nitrogen and oxygen atoms in total. The number of methoxy groups -OCH3 is 1. The lowest BCUT2D eigenvalue weighted by Crippen LogP contribution is -2.49. The number of amides is 3. The molecule has 0 heterocycles. The summed E-state index contributed by atoms with van der Waals surface area (Å²) in [5.74, 6) is 4.72. The highest BCUT2D eigenvalue weighted by Crippen LogP contribution is 2.12. The molecule has 1 radical (unpaired) electrons. The minimum atomic E-state index is -0.929. The molecule has 97 valence electrons. The summed E-state index contributed by atoms with van der Waals surface area (Å²) in [5.41, 5.74) is 9.74. The van der Waals surface area contributed by atoms with Crippen LogP contribution in [-0.2, 0) is 11.2 Å². The maximum Gasteiger partial charge on any atom is 0.329 e. The first-order valence-electron chi connectivity index (χ1n) is 5.22. The summed E-state index contributed by atoms with van der Waals surface area (Å²) >= 11 is 0. The summed E-state index contributed by atoms with van der Waals surface area (Å²) in [7, 11) is 1.55. The van der Waals surface area contributed by atoms with Crippen LogP contribution in [0.3, 0.4) is 0 Å². The van der Waals surface area contributed by atoms with Gasteiger partial charge in [0.2, 0.25) is 0 Å². The molecular weight excluding hydrogens is 236 g/mol. The Bertz CT molecular complexity index is 419. The standard InChI is InChI=1S/C11H15N4O3/c1-18-8-4-2-7(3-5-8)6-9(10(12)16)14-11(17)15-13/h2-5,9,12H,6,13H2,1H3,(H2,14,15,17). The van der Waals surface area contributed by atoms with E-state index in [0.717, 1.165) is 5.56 Å². The number of hydrogen-bond donors (Lipinski definition) is 3. The molecule has 1 aromatic rings. The van der Waals surface area contributed by atoms with Gasteiger partial charge in [0.25, 0.3) is 5.91 Å². The van der Waals surface area contributed by atoms with Crippen LogP contribution in [0.4, 0.5) is 4.79 Å². The van der Waals surface area contributed by atoms with Gasteiger partial charge in [0.15, 0.2) is 0 Å². The second kappa shape index (κ2) is 6.45. The van der Waals surface area contributed by atoms with Gasteiger partial charge >= 0.3 is 6.03 Å². The predicted molar refractivity (Wildman–Crippen MR) is 64.4 cm³/mol. The van der Waals surface area contributed by atoms with Crippen molar-refractivity contribution in [3.8, 4) is 5.75 Å². The highest BCUT2D eigenvalue weighted by Gasteiger charge is 2.18. The molecule has 1 aromatic carbocycles. The van der Waals surface area contributed by atoms with E-state index in [4.69, 9.17) is 16.3 Å². The highest BCUT2D eigenvalue weighted by molar-refractivity contribution is 5.85. The summed E-state index contributed by atoms with van der Waals surface area (Å²) in [6.07, 6.45) is 0.222. The summed E-state index contributed by atoms with van der Waals surface area (Å²) in [6.45, 7) is 0. The van der Waals surface area contributed by atoms with Gasteiger partial charge in [0.1, 0.15) is 11.8 Å². The lowest BCUT2D eigenvalue weighted by atomic mass is 10.1. The summed E-state index contributed by atoms with van der Waals surface area (Å²) < 4.78 is 5.00. The summed E-state index contributed by atoms with van der Waals surface area (Å²) in [5, 5.41) is 2.30. The SMILES string of the molecule is COc1ccc(CC(NC(=O)NN)C([NH])=O)cc1. The summed E-state index contributed by atoms with van der Waals surface area (Å²) in [4.78, 5) is 22.1. The molecule has 1 unspecified atom stereocenters. The number of rotatable bonds is 5. The van der Waals surface area contributed by atoms with E-state index in [2.05, 4.69) is 5.32 Å². The Morgan fingerprint density at radius 1 is 1.39 bits per heavy atom. The second-order valence-corrected chi connectivity index (χ2v) is 3.59. The van der Waals surface area contributed by atoms with Crippen LogP contribution in [0.2, 0.25) is 0 Å². The van der Waals surface area contributed by atoms with E-state index in [1.807, 2.05) is 5.43 Å². The Labute approximate surface area is 104 Å². The molecule has 7 heteroatoms. The fraction of sp³-hybridized carbons (Fsp3) is 0.273. The van der Waals surface area contributed by atoms with E-state index in [1.165, 1.54) is 0 Å². The normalized spacial score (nSPS) is 11.4. The van der Waals surface area contributed by atoms with E-state index in [0.29, 0.717) is 5.75 Å². The smallest absolute Gasteiger partial charge is 0.329 e. The van der Waals surface area contributed by atoms with Crippen molar-refractivity contribution in [1.29, 1.82) is 0 Å². The van der Waals surface area contributed by atoms with Crippen molar-refractivity contribution in [2.75, 3.05) is 7.11 Å². The number of carbonyl (C=O) groups excluding carboxylic acids is 2. The van der Waals surface area contributed by atoms with Gasteiger partial charge in [-0.05, 0) is 17.7 Å². The quantitative estimate of drug-likeness (QED) is 0.374. The van der Waals surface area contributed by atoms with Crippen LogP contribution in [0.15, 0.2) is 24.3 Å². The average molecular weight is 251 g/mol. The number of ether oxygens (including phenoxy) is 1. The molecule has 0 spiro atoms. The number of benzene rings is 1. The van der Waals surface area contributed by atoms with E-state index >= 15 is 0 Å². The molecule has 1 rings (SSSR count). The van der Waals surface area contributed by atoms with Crippen LogP contribution >= 0.6 is 0 Å². The Hall–Kier alpha value is -2.28. The zero-order valence-corrected chi connectivity index (χ0v) is 9.90. The van der Waals surface area contributed by atoms with Crippen molar-refractivity contribution in [1.82, 2.24) is 16.5 Å². The van der Waals surface area contributed by atoms with Crippen molar-refractivity contribution < 1.29 is 14.3 Å². The first-order valence-corrected chi connectivity index (χ1v) is 5.22. The van der Waals surface area contributed by atoms with Crippen LogP contribution in [-0.4, -0.2) is 25.1 Å². The van der Waals surface area contributed by atoms with Gasteiger partial charge in [-0.2, -0.15) is 0 Å². The van der Waals surface area contributed by atoms with Crippen LogP contribution in [0, 0.1) is 0 Å². The second-order valence-electron chi connectivity index (χ2n) is 3.59. The van der Waals surface area contributed by atoms with Gasteiger partial charge in [-0.3, -0.25) is 16.0 Å². The van der Waals surface area contributed by atoms with E-state index in [1.54, 1.807) is 31.4 Å². The number of nitrogens with one attached hydrogen (secondary N) is 3. The fourth-order valence-corrected chi connectivity index (χ4v) is 1.41. The number of nitrogens with two attached hydrogens (primary N) is 1. The van der Waals surface area contributed by atoms with Crippen molar-refractivity contribution in [2.24, 2.45) is 5.84 Å². The van der Waals surface area contributed by atoms with Crippen LogP contribution in [0.25, 0.3) is 0 Å². The van der Waals surface area contributed by atoms with Gasteiger partial charge in [-0.1, -0.05) is 12.1 Å². The number of carbonyl (C=O) groups is 2. The van der Waals surface area contributed by atoms with Crippen LogP contribution in [0.1, 0.15) is 5.56 Å². The molecule has 0 fully saturated rings. The van der Waals surface area contributed by atoms with Crippen molar-refractivity contribution >= 4 is 11.9 Å². The number of urea groups is 1. The maximum atomic E-state index is 11.1. The van der Waals surface area contributed by atoms with Gasteiger partial charge in [0.05, 0.1) is 7.11 Å². The zero-order valence-electron chi connectivity index (χ0n) is 9.90. The molecule has 18 heavy (non-hydrogen) atoms. The minimum absolute atomic E-state index is 0.222. The van der Waals surface area contributed by atoms with Crippen molar-refractivity contribution in [3.63, 3.8) is 0 Å². The lowest BCUT2D eigenvalue weighted by molar-refractivity contribution is -0.120. The van der Waals surface area contributed by atoms with Crippen molar-refractivity contribution in [2.45, 2.75) is 12.5 Å². The first-order chi connectivity index (χ1) is 8.56. The number of hydrazine groups is 1. The van der Waals surface area contributed by atoms with Gasteiger partial charge < -0.3 is 10.1 Å². The average Bonchev–Trinajstić information content (AvgIpc) is 2.38. The molecule has 0 aliphatic rings. The van der Waals surface area contributed by atoms with Crippen LogP contribution in [0.5, 0.6) is 5.75 Å². The predicted octanol–water partition coefficient (Wildman–Crippen LogP) is -0.411. The largest absolute Gasteiger partial charge is 0.497 e. The molecule has 3 amide bonds. The Balaban J connectivity index is 2.70. The zero-order chi connectivity index (χ0) is 13.5. The molecule has 0 aliphatic heterocycles. The molecule has 0 aliphatic carbocycles. The third-order valence-electron chi connectivity index (χ3n) is 2.35. The third kappa shape index (κ3) is 3.95. The molecule has 1 atom stereocenters. The van der Waals surface area contributed by atoms with Gasteiger partial charge in [-0.15, -0.1) is 0 Å². The van der Waals surface area contributed by atoms with Gasteiger partial charge in [0, 0.05) is 6.42 Å². The summed E-state index contributed by atoms with van der Waals surface area (Å²) in [6, 6.07) is 5.37. The molecular formula is C11H15N4O3. The topological polar surface area (TPSA) is 117 Å². The van der Waals surface area contributed by atoms with E-state index in [9.17, 15) is 9.59 Å². The Kier molecular flexibility index (Phi) is 4.94. The Morgan fingerprint density at radius 3 is 2.44 bits per heavy atom. The fourth-order valence-electron chi connectivity index (χ4n) is 1.41. The monoisotopic (exact) mass is 251 g/mol. The van der Waals surface area contributed by atoms with Crippen LogP contribution < -0.4 is 27.1 Å². The minimum Gasteiger partial charge on any atom is -0.497 e. The highest BCUT2D eigenvalue weighted by atomic mass is 16.5. The Morgan fingerprint density at radius 2 is 2.00 bits per heavy atom. The molecule has 0 bridgehead atoms. The molecule has 0 saturated carbocycles. The first kappa shape index (κ1) is 13.8. The lowest BCUT2D eigenvalue weighted by Gasteiger charge is -2.14. The van der Waals surface area contributed by atoms with E-state index < -0.39 is 18.0 Å². The van der Waals surface area contributed by atoms with Gasteiger partial charge in [-0.25, -0.2) is 10.6 Å². The van der Waals surface area contributed by atoms with E-state index in [-0.39, 0.29) is 6.42 Å². The molecule has 0 aromatic heterocycles. The number of hydrogen-bond acceptors (Lipinski definition) is 4. The third-order valence-corrected chi connectivity index (χ3v) is 2.35.